The normalized spacial score (nSPS) is 10.4. The Labute approximate surface area is 160 Å². The summed E-state index contributed by atoms with van der Waals surface area (Å²) in [5, 5.41) is 6.76. The van der Waals surface area contributed by atoms with Gasteiger partial charge in [0.2, 0.25) is 0 Å². The second-order valence-electron chi connectivity index (χ2n) is 5.49. The van der Waals surface area contributed by atoms with Crippen LogP contribution in [-0.4, -0.2) is 10.9 Å². The summed E-state index contributed by atoms with van der Waals surface area (Å²) >= 11 is 12.0. The average Bonchev–Trinajstić information content (AvgIpc) is 2.60. The summed E-state index contributed by atoms with van der Waals surface area (Å²) in [5.74, 6) is -0.768. The highest BCUT2D eigenvalue weighted by Gasteiger charge is 2.10. The van der Waals surface area contributed by atoms with Gasteiger partial charge in [0.1, 0.15) is 11.5 Å². The van der Waals surface area contributed by atoms with E-state index in [1.54, 1.807) is 48.5 Å². The number of carbonyl (C=O) groups is 1. The van der Waals surface area contributed by atoms with Gasteiger partial charge in [-0.1, -0.05) is 41.4 Å². The minimum atomic E-state index is -0.402. The summed E-state index contributed by atoms with van der Waals surface area (Å²) in [6.07, 6.45) is 1.51. The van der Waals surface area contributed by atoms with E-state index in [-0.39, 0.29) is 18.1 Å². The summed E-state index contributed by atoms with van der Waals surface area (Å²) in [4.78, 5) is 16.3. The summed E-state index contributed by atoms with van der Waals surface area (Å²) in [7, 11) is 0. The minimum Gasteiger partial charge on any atom is -0.355 e. The standard InChI is InChI=1S/C19H14Cl2FN3O/c20-13-7-14(21)9-16(8-13)25-15-5-6-23-18(10-15)19(26)24-11-12-3-1-2-4-17(12)22/h1-10H,11H2,(H,23,25)(H,24,26). The predicted molar refractivity (Wildman–Crippen MR) is 102 cm³/mol. The molecule has 4 nitrogen and oxygen atoms in total. The van der Waals surface area contributed by atoms with E-state index in [2.05, 4.69) is 15.6 Å². The zero-order chi connectivity index (χ0) is 18.5. The summed E-state index contributed by atoms with van der Waals surface area (Å²) in [6, 6.07) is 14.6. The van der Waals surface area contributed by atoms with Crippen LogP contribution in [0.4, 0.5) is 15.8 Å². The van der Waals surface area contributed by atoms with E-state index < -0.39 is 5.91 Å². The van der Waals surface area contributed by atoms with Gasteiger partial charge in [0, 0.05) is 39.7 Å². The van der Waals surface area contributed by atoms with Crippen LogP contribution in [0.1, 0.15) is 16.1 Å². The lowest BCUT2D eigenvalue weighted by atomic mass is 10.2. The second-order valence-corrected chi connectivity index (χ2v) is 6.36. The minimum absolute atomic E-state index is 0.0781. The molecule has 2 aromatic carbocycles. The highest BCUT2D eigenvalue weighted by Crippen LogP contribution is 2.25. The monoisotopic (exact) mass is 389 g/mol. The van der Waals surface area contributed by atoms with Gasteiger partial charge < -0.3 is 10.6 Å². The van der Waals surface area contributed by atoms with Crippen LogP contribution in [0.3, 0.4) is 0 Å². The van der Waals surface area contributed by atoms with E-state index in [4.69, 9.17) is 23.2 Å². The number of nitrogens with one attached hydrogen (secondary N) is 2. The van der Waals surface area contributed by atoms with Gasteiger partial charge in [0.25, 0.3) is 5.91 Å². The third-order valence-electron chi connectivity index (χ3n) is 3.54. The topological polar surface area (TPSA) is 54.0 Å². The Kier molecular flexibility index (Phi) is 5.71. The van der Waals surface area contributed by atoms with E-state index in [0.29, 0.717) is 27.0 Å². The van der Waals surface area contributed by atoms with E-state index in [1.165, 1.54) is 12.3 Å². The van der Waals surface area contributed by atoms with Crippen molar-refractivity contribution in [2.24, 2.45) is 0 Å². The van der Waals surface area contributed by atoms with Crippen molar-refractivity contribution in [2.45, 2.75) is 6.54 Å². The van der Waals surface area contributed by atoms with Crippen molar-refractivity contribution >= 4 is 40.5 Å². The smallest absolute Gasteiger partial charge is 0.270 e. The van der Waals surface area contributed by atoms with Crippen molar-refractivity contribution in [3.63, 3.8) is 0 Å². The number of carbonyl (C=O) groups excluding carboxylic acids is 1. The molecule has 1 heterocycles. The van der Waals surface area contributed by atoms with Crippen LogP contribution >= 0.6 is 23.2 Å². The summed E-state index contributed by atoms with van der Waals surface area (Å²) in [6.45, 7) is 0.0781. The van der Waals surface area contributed by atoms with Crippen molar-refractivity contribution in [2.75, 3.05) is 5.32 Å². The summed E-state index contributed by atoms with van der Waals surface area (Å²) in [5.41, 5.74) is 1.95. The highest BCUT2D eigenvalue weighted by atomic mass is 35.5. The number of hydrogen-bond acceptors (Lipinski definition) is 3. The number of anilines is 2. The van der Waals surface area contributed by atoms with Gasteiger partial charge in [0.05, 0.1) is 0 Å². The van der Waals surface area contributed by atoms with Crippen LogP contribution in [0.15, 0.2) is 60.8 Å². The molecule has 7 heteroatoms. The van der Waals surface area contributed by atoms with Crippen LogP contribution in [0, 0.1) is 5.82 Å². The van der Waals surface area contributed by atoms with E-state index in [9.17, 15) is 9.18 Å². The van der Waals surface area contributed by atoms with Crippen LogP contribution < -0.4 is 10.6 Å². The number of amides is 1. The molecule has 0 atom stereocenters. The number of nitrogens with zero attached hydrogens (tertiary/aromatic N) is 1. The van der Waals surface area contributed by atoms with Crippen LogP contribution in [-0.2, 0) is 6.54 Å². The number of rotatable bonds is 5. The lowest BCUT2D eigenvalue weighted by Gasteiger charge is -2.10. The number of hydrogen-bond donors (Lipinski definition) is 2. The van der Waals surface area contributed by atoms with Gasteiger partial charge in [0.15, 0.2) is 0 Å². The Balaban J connectivity index is 1.70. The maximum atomic E-state index is 13.6. The van der Waals surface area contributed by atoms with Gasteiger partial charge in [-0.25, -0.2) is 4.39 Å². The van der Waals surface area contributed by atoms with Gasteiger partial charge in [-0.05, 0) is 36.4 Å². The first-order valence-corrected chi connectivity index (χ1v) is 8.47. The molecule has 0 saturated heterocycles. The van der Waals surface area contributed by atoms with Crippen molar-refractivity contribution in [1.29, 1.82) is 0 Å². The molecular weight excluding hydrogens is 376 g/mol. The molecule has 0 spiro atoms. The maximum absolute atomic E-state index is 13.6. The number of aromatic nitrogens is 1. The first-order chi connectivity index (χ1) is 12.5. The molecule has 26 heavy (non-hydrogen) atoms. The molecule has 1 amide bonds. The predicted octanol–water partition coefficient (Wildman–Crippen LogP) is 5.20. The van der Waals surface area contributed by atoms with Crippen molar-refractivity contribution in [3.05, 3.63) is 87.9 Å². The SMILES string of the molecule is O=C(NCc1ccccc1F)c1cc(Nc2cc(Cl)cc(Cl)c2)ccn1. The molecule has 3 aromatic rings. The molecule has 0 bridgehead atoms. The molecule has 0 saturated carbocycles. The van der Waals surface area contributed by atoms with E-state index in [0.717, 1.165) is 0 Å². The Hall–Kier alpha value is -2.63. The molecule has 1 aromatic heterocycles. The quantitative estimate of drug-likeness (QED) is 0.630. The molecule has 0 aliphatic carbocycles. The molecule has 0 aliphatic rings. The first-order valence-electron chi connectivity index (χ1n) is 7.72. The Bertz CT molecular complexity index is 929. The zero-order valence-corrected chi connectivity index (χ0v) is 15.0. The number of benzene rings is 2. The Morgan fingerprint density at radius 3 is 2.46 bits per heavy atom. The van der Waals surface area contributed by atoms with Crippen LogP contribution in [0.5, 0.6) is 0 Å². The molecule has 0 fully saturated rings. The van der Waals surface area contributed by atoms with E-state index in [1.807, 2.05) is 0 Å². The summed E-state index contributed by atoms with van der Waals surface area (Å²) < 4.78 is 13.6. The fraction of sp³-hybridized carbons (Fsp3) is 0.0526. The lowest BCUT2D eigenvalue weighted by molar-refractivity contribution is 0.0945. The number of pyridine rings is 1. The van der Waals surface area contributed by atoms with Crippen LogP contribution in [0.25, 0.3) is 0 Å². The second kappa shape index (κ2) is 8.17. The van der Waals surface area contributed by atoms with Crippen molar-refractivity contribution < 1.29 is 9.18 Å². The zero-order valence-electron chi connectivity index (χ0n) is 13.5. The molecule has 3 rings (SSSR count). The Morgan fingerprint density at radius 2 is 1.73 bits per heavy atom. The molecule has 0 radical (unpaired) electrons. The lowest BCUT2D eigenvalue weighted by Crippen LogP contribution is -2.24. The molecule has 0 unspecified atom stereocenters. The average molecular weight is 390 g/mol. The fourth-order valence-electron chi connectivity index (χ4n) is 2.33. The van der Waals surface area contributed by atoms with Crippen molar-refractivity contribution in [1.82, 2.24) is 10.3 Å². The molecule has 132 valence electrons. The first kappa shape index (κ1) is 18.2. The van der Waals surface area contributed by atoms with Gasteiger partial charge in [-0.3, -0.25) is 9.78 Å². The van der Waals surface area contributed by atoms with Crippen LogP contribution in [0.2, 0.25) is 10.0 Å². The largest absolute Gasteiger partial charge is 0.355 e. The van der Waals surface area contributed by atoms with Crippen molar-refractivity contribution in [3.8, 4) is 0 Å². The molecular formula is C19H14Cl2FN3O. The maximum Gasteiger partial charge on any atom is 0.270 e. The van der Waals surface area contributed by atoms with Gasteiger partial charge in [-0.15, -0.1) is 0 Å². The fourth-order valence-corrected chi connectivity index (χ4v) is 2.86. The molecule has 2 N–H and O–H groups in total. The number of halogens is 3. The van der Waals surface area contributed by atoms with Gasteiger partial charge >= 0.3 is 0 Å². The highest BCUT2D eigenvalue weighted by molar-refractivity contribution is 6.35. The van der Waals surface area contributed by atoms with E-state index >= 15 is 0 Å². The molecule has 0 aliphatic heterocycles. The Morgan fingerprint density at radius 1 is 1.00 bits per heavy atom. The third-order valence-corrected chi connectivity index (χ3v) is 3.98. The third kappa shape index (κ3) is 4.71. The van der Waals surface area contributed by atoms with Gasteiger partial charge in [-0.2, -0.15) is 0 Å².